The SMILES string of the molecule is CC(N)C(=O)NC1CCCC(C(F)(F)F)C1.Cl. The van der Waals surface area contributed by atoms with Crippen LogP contribution in [0.4, 0.5) is 13.2 Å². The molecular formula is C10H18ClF3N2O. The maximum atomic E-state index is 12.5. The average molecular weight is 275 g/mol. The van der Waals surface area contributed by atoms with Crippen LogP contribution in [-0.2, 0) is 4.79 Å². The number of hydrogen-bond donors (Lipinski definition) is 2. The zero-order chi connectivity index (χ0) is 12.3. The fraction of sp³-hybridized carbons (Fsp3) is 0.900. The summed E-state index contributed by atoms with van der Waals surface area (Å²) in [5.74, 6) is -1.67. The van der Waals surface area contributed by atoms with Crippen molar-refractivity contribution in [2.75, 3.05) is 0 Å². The molecule has 0 aromatic heterocycles. The molecule has 0 aliphatic heterocycles. The van der Waals surface area contributed by atoms with Crippen molar-refractivity contribution in [2.45, 2.75) is 50.9 Å². The fourth-order valence-electron chi connectivity index (χ4n) is 1.95. The Labute approximate surface area is 105 Å². The molecule has 0 spiro atoms. The Balaban J connectivity index is 0.00000256. The number of nitrogens with two attached hydrogens (primary N) is 1. The monoisotopic (exact) mass is 274 g/mol. The van der Waals surface area contributed by atoms with Crippen molar-refractivity contribution in [3.63, 3.8) is 0 Å². The molecule has 1 aliphatic carbocycles. The number of carbonyl (C=O) groups excluding carboxylic acids is 1. The van der Waals surface area contributed by atoms with E-state index in [0.29, 0.717) is 12.8 Å². The number of carbonyl (C=O) groups is 1. The minimum Gasteiger partial charge on any atom is -0.352 e. The molecule has 1 rings (SSSR count). The quantitative estimate of drug-likeness (QED) is 0.809. The Kier molecular flexibility index (Phi) is 6.26. The van der Waals surface area contributed by atoms with E-state index < -0.39 is 18.1 Å². The van der Waals surface area contributed by atoms with E-state index in [1.165, 1.54) is 6.92 Å². The van der Waals surface area contributed by atoms with Gasteiger partial charge in [0.1, 0.15) is 0 Å². The van der Waals surface area contributed by atoms with Gasteiger partial charge in [0.2, 0.25) is 5.91 Å². The second-order valence-corrected chi connectivity index (χ2v) is 4.40. The molecule has 0 heterocycles. The molecule has 1 amide bonds. The highest BCUT2D eigenvalue weighted by molar-refractivity contribution is 5.85. The zero-order valence-corrected chi connectivity index (χ0v) is 10.4. The van der Waals surface area contributed by atoms with Crippen molar-refractivity contribution in [3.8, 4) is 0 Å². The topological polar surface area (TPSA) is 55.1 Å². The van der Waals surface area contributed by atoms with Gasteiger partial charge >= 0.3 is 6.18 Å². The van der Waals surface area contributed by atoms with Gasteiger partial charge in [-0.3, -0.25) is 4.79 Å². The number of nitrogens with one attached hydrogen (secondary N) is 1. The van der Waals surface area contributed by atoms with Crippen LogP contribution >= 0.6 is 12.4 Å². The molecule has 0 aromatic rings. The maximum Gasteiger partial charge on any atom is 0.391 e. The van der Waals surface area contributed by atoms with Crippen LogP contribution < -0.4 is 11.1 Å². The smallest absolute Gasteiger partial charge is 0.352 e. The molecular weight excluding hydrogens is 257 g/mol. The summed E-state index contributed by atoms with van der Waals surface area (Å²) >= 11 is 0. The van der Waals surface area contributed by atoms with Gasteiger partial charge in [-0.1, -0.05) is 6.42 Å². The lowest BCUT2D eigenvalue weighted by molar-refractivity contribution is -0.184. The van der Waals surface area contributed by atoms with Gasteiger partial charge in [0.15, 0.2) is 0 Å². The highest BCUT2D eigenvalue weighted by Gasteiger charge is 2.42. The van der Waals surface area contributed by atoms with E-state index in [-0.39, 0.29) is 37.2 Å². The maximum absolute atomic E-state index is 12.5. The van der Waals surface area contributed by atoms with Gasteiger partial charge in [0.05, 0.1) is 12.0 Å². The van der Waals surface area contributed by atoms with Gasteiger partial charge in [0.25, 0.3) is 0 Å². The Morgan fingerprint density at radius 2 is 2.00 bits per heavy atom. The molecule has 1 fully saturated rings. The van der Waals surface area contributed by atoms with Gasteiger partial charge in [-0.25, -0.2) is 0 Å². The van der Waals surface area contributed by atoms with Crippen molar-refractivity contribution in [1.29, 1.82) is 0 Å². The van der Waals surface area contributed by atoms with Gasteiger partial charge in [-0.05, 0) is 26.2 Å². The Morgan fingerprint density at radius 3 is 2.47 bits per heavy atom. The largest absolute Gasteiger partial charge is 0.391 e. The van der Waals surface area contributed by atoms with Gasteiger partial charge in [-0.15, -0.1) is 12.4 Å². The lowest BCUT2D eigenvalue weighted by Crippen LogP contribution is -2.46. The minimum atomic E-state index is -4.16. The summed E-state index contributed by atoms with van der Waals surface area (Å²) in [4.78, 5) is 11.3. The van der Waals surface area contributed by atoms with Crippen molar-refractivity contribution in [1.82, 2.24) is 5.32 Å². The molecule has 3 unspecified atom stereocenters. The second-order valence-electron chi connectivity index (χ2n) is 4.40. The highest BCUT2D eigenvalue weighted by atomic mass is 35.5. The van der Waals surface area contributed by atoms with Gasteiger partial charge < -0.3 is 11.1 Å². The lowest BCUT2D eigenvalue weighted by atomic mass is 9.85. The standard InChI is InChI=1S/C10H17F3N2O.ClH/c1-6(14)9(16)15-8-4-2-3-7(5-8)10(11,12)13;/h6-8H,2-5,14H2,1H3,(H,15,16);1H. The molecule has 0 radical (unpaired) electrons. The van der Waals surface area contributed by atoms with Gasteiger partial charge in [-0.2, -0.15) is 13.2 Å². The van der Waals surface area contributed by atoms with Crippen LogP contribution in [0.15, 0.2) is 0 Å². The van der Waals surface area contributed by atoms with E-state index in [2.05, 4.69) is 5.32 Å². The molecule has 3 N–H and O–H groups in total. The van der Waals surface area contributed by atoms with Crippen molar-refractivity contribution < 1.29 is 18.0 Å². The predicted molar refractivity (Wildman–Crippen MR) is 60.8 cm³/mol. The fourth-order valence-corrected chi connectivity index (χ4v) is 1.95. The molecule has 1 aliphatic rings. The van der Waals surface area contributed by atoms with Crippen LogP contribution in [-0.4, -0.2) is 24.2 Å². The van der Waals surface area contributed by atoms with E-state index in [4.69, 9.17) is 5.73 Å². The molecule has 3 atom stereocenters. The molecule has 0 bridgehead atoms. The zero-order valence-electron chi connectivity index (χ0n) is 9.59. The Morgan fingerprint density at radius 1 is 1.41 bits per heavy atom. The summed E-state index contributed by atoms with van der Waals surface area (Å²) in [5, 5.41) is 2.56. The summed E-state index contributed by atoms with van der Waals surface area (Å²) in [6.45, 7) is 1.51. The molecule has 1 saturated carbocycles. The Hall–Kier alpha value is -0.490. The molecule has 0 saturated heterocycles. The third kappa shape index (κ3) is 5.12. The van der Waals surface area contributed by atoms with Gasteiger partial charge in [0, 0.05) is 6.04 Å². The molecule has 7 heteroatoms. The minimum absolute atomic E-state index is 0. The number of halogens is 4. The highest BCUT2D eigenvalue weighted by Crippen LogP contribution is 2.37. The average Bonchev–Trinajstić information content (AvgIpc) is 2.16. The van der Waals surface area contributed by atoms with E-state index >= 15 is 0 Å². The summed E-state index contributed by atoms with van der Waals surface area (Å²) in [6.07, 6.45) is -2.92. The molecule has 17 heavy (non-hydrogen) atoms. The summed E-state index contributed by atoms with van der Waals surface area (Å²) < 4.78 is 37.4. The predicted octanol–water partition coefficient (Wildman–Crippen LogP) is 1.99. The number of rotatable bonds is 2. The first-order valence-corrected chi connectivity index (χ1v) is 5.43. The Bertz CT molecular complexity index is 258. The normalized spacial score (nSPS) is 26.9. The van der Waals surface area contributed by atoms with E-state index in [1.807, 2.05) is 0 Å². The summed E-state index contributed by atoms with van der Waals surface area (Å²) in [5.41, 5.74) is 5.34. The number of hydrogen-bond acceptors (Lipinski definition) is 2. The molecule has 3 nitrogen and oxygen atoms in total. The summed E-state index contributed by atoms with van der Waals surface area (Å²) in [7, 11) is 0. The first kappa shape index (κ1) is 16.5. The molecule has 102 valence electrons. The summed E-state index contributed by atoms with van der Waals surface area (Å²) in [6, 6.07) is -1.06. The number of alkyl halides is 3. The first-order valence-electron chi connectivity index (χ1n) is 5.43. The third-order valence-electron chi connectivity index (χ3n) is 2.90. The van der Waals surface area contributed by atoms with Crippen molar-refractivity contribution in [3.05, 3.63) is 0 Å². The first-order chi connectivity index (χ1) is 7.30. The molecule has 0 aromatic carbocycles. The van der Waals surface area contributed by atoms with Crippen LogP contribution in [0.5, 0.6) is 0 Å². The van der Waals surface area contributed by atoms with E-state index in [1.54, 1.807) is 0 Å². The van der Waals surface area contributed by atoms with E-state index in [9.17, 15) is 18.0 Å². The van der Waals surface area contributed by atoms with Crippen LogP contribution in [0.25, 0.3) is 0 Å². The van der Waals surface area contributed by atoms with Crippen LogP contribution in [0, 0.1) is 5.92 Å². The van der Waals surface area contributed by atoms with Crippen molar-refractivity contribution >= 4 is 18.3 Å². The van der Waals surface area contributed by atoms with Crippen LogP contribution in [0.3, 0.4) is 0 Å². The number of amides is 1. The van der Waals surface area contributed by atoms with Crippen LogP contribution in [0.1, 0.15) is 32.6 Å². The van der Waals surface area contributed by atoms with E-state index in [0.717, 1.165) is 0 Å². The lowest BCUT2D eigenvalue weighted by Gasteiger charge is -2.31. The third-order valence-corrected chi connectivity index (χ3v) is 2.90. The van der Waals surface area contributed by atoms with Crippen molar-refractivity contribution in [2.24, 2.45) is 11.7 Å². The second kappa shape index (κ2) is 6.44. The van der Waals surface area contributed by atoms with Crippen LogP contribution in [0.2, 0.25) is 0 Å².